The molecule has 2 nitrogen and oxygen atoms in total. The fourth-order valence-electron chi connectivity index (χ4n) is 1.95. The third-order valence-corrected chi connectivity index (χ3v) is 2.71. The summed E-state index contributed by atoms with van der Waals surface area (Å²) in [5, 5.41) is 3.39. The SMILES string of the molecule is [C-]#[N+][C@@H]1CN[C@@H](Cc2ccccc2)C1. The lowest BCUT2D eigenvalue weighted by Crippen LogP contribution is -2.23. The van der Waals surface area contributed by atoms with Crippen molar-refractivity contribution in [2.75, 3.05) is 6.54 Å². The van der Waals surface area contributed by atoms with Crippen molar-refractivity contribution < 1.29 is 0 Å². The van der Waals surface area contributed by atoms with Gasteiger partial charge in [-0.3, -0.25) is 0 Å². The first-order valence-electron chi connectivity index (χ1n) is 5.02. The molecule has 1 heterocycles. The quantitative estimate of drug-likeness (QED) is 0.697. The molecule has 1 saturated heterocycles. The van der Waals surface area contributed by atoms with E-state index in [1.165, 1.54) is 5.56 Å². The van der Waals surface area contributed by atoms with Crippen LogP contribution in [-0.2, 0) is 6.42 Å². The topological polar surface area (TPSA) is 16.4 Å². The number of benzene rings is 1. The van der Waals surface area contributed by atoms with Crippen LogP contribution in [0.3, 0.4) is 0 Å². The summed E-state index contributed by atoms with van der Waals surface area (Å²) in [6, 6.07) is 11.2. The first-order valence-corrected chi connectivity index (χ1v) is 5.02. The Hall–Kier alpha value is -1.33. The van der Waals surface area contributed by atoms with Gasteiger partial charge in [0.1, 0.15) is 0 Å². The molecule has 0 radical (unpaired) electrons. The molecule has 2 heteroatoms. The van der Waals surface area contributed by atoms with Crippen molar-refractivity contribution in [2.24, 2.45) is 0 Å². The second-order valence-corrected chi connectivity index (χ2v) is 3.81. The van der Waals surface area contributed by atoms with Gasteiger partial charge in [0.05, 0.1) is 6.54 Å². The van der Waals surface area contributed by atoms with Gasteiger partial charge in [0.15, 0.2) is 0 Å². The maximum absolute atomic E-state index is 6.95. The monoisotopic (exact) mass is 186 g/mol. The summed E-state index contributed by atoms with van der Waals surface area (Å²) in [6.45, 7) is 7.82. The van der Waals surface area contributed by atoms with Crippen molar-refractivity contribution in [2.45, 2.75) is 24.9 Å². The van der Waals surface area contributed by atoms with E-state index in [0.29, 0.717) is 6.04 Å². The van der Waals surface area contributed by atoms with Gasteiger partial charge in [-0.2, -0.15) is 0 Å². The maximum Gasteiger partial charge on any atom is 0.237 e. The van der Waals surface area contributed by atoms with Crippen LogP contribution in [0.25, 0.3) is 4.85 Å². The minimum absolute atomic E-state index is 0.198. The highest BCUT2D eigenvalue weighted by Crippen LogP contribution is 2.14. The minimum atomic E-state index is 0.198. The molecule has 0 spiro atoms. The summed E-state index contributed by atoms with van der Waals surface area (Å²) in [5.74, 6) is 0. The normalized spacial score (nSPS) is 25.9. The molecule has 72 valence electrons. The molecule has 1 aromatic rings. The molecule has 2 rings (SSSR count). The molecular weight excluding hydrogens is 172 g/mol. The van der Waals surface area contributed by atoms with E-state index in [1.807, 2.05) is 6.07 Å². The van der Waals surface area contributed by atoms with Crippen molar-refractivity contribution in [3.05, 3.63) is 47.3 Å². The van der Waals surface area contributed by atoms with Gasteiger partial charge >= 0.3 is 0 Å². The zero-order valence-electron chi connectivity index (χ0n) is 8.11. The van der Waals surface area contributed by atoms with Crippen LogP contribution in [0, 0.1) is 6.57 Å². The zero-order chi connectivity index (χ0) is 9.80. The molecule has 0 aromatic heterocycles. The van der Waals surface area contributed by atoms with E-state index < -0.39 is 0 Å². The molecule has 1 aliphatic heterocycles. The molecule has 1 aliphatic rings. The van der Waals surface area contributed by atoms with Gasteiger partial charge in [0.2, 0.25) is 6.04 Å². The standard InChI is InChI=1S/C12H14N2/c1-13-12-8-11(14-9-12)7-10-5-3-2-4-6-10/h2-6,11-12,14H,7-9H2/t11-,12-/m0/s1. The van der Waals surface area contributed by atoms with E-state index in [1.54, 1.807) is 0 Å². The van der Waals surface area contributed by atoms with E-state index >= 15 is 0 Å². The Kier molecular flexibility index (Phi) is 2.81. The molecule has 0 aliphatic carbocycles. The fourth-order valence-corrected chi connectivity index (χ4v) is 1.95. The Bertz CT molecular complexity index is 326. The number of nitrogens with zero attached hydrogens (tertiary/aromatic N) is 1. The molecule has 0 saturated carbocycles. The van der Waals surface area contributed by atoms with Crippen LogP contribution < -0.4 is 5.32 Å². The zero-order valence-corrected chi connectivity index (χ0v) is 8.11. The molecule has 1 aromatic carbocycles. The van der Waals surface area contributed by atoms with Crippen LogP contribution in [-0.4, -0.2) is 18.6 Å². The largest absolute Gasteiger partial charge is 0.312 e. The Balaban J connectivity index is 1.91. The van der Waals surface area contributed by atoms with E-state index in [0.717, 1.165) is 19.4 Å². The van der Waals surface area contributed by atoms with Crippen molar-refractivity contribution in [1.82, 2.24) is 5.32 Å². The van der Waals surface area contributed by atoms with E-state index in [-0.39, 0.29) is 6.04 Å². The van der Waals surface area contributed by atoms with Gasteiger partial charge in [-0.05, 0) is 12.0 Å². The minimum Gasteiger partial charge on any atom is -0.312 e. The van der Waals surface area contributed by atoms with Crippen LogP contribution in [0.5, 0.6) is 0 Å². The third-order valence-electron chi connectivity index (χ3n) is 2.71. The fraction of sp³-hybridized carbons (Fsp3) is 0.417. The van der Waals surface area contributed by atoms with Crippen molar-refractivity contribution >= 4 is 0 Å². The molecule has 0 amide bonds. The highest BCUT2D eigenvalue weighted by atomic mass is 15.0. The number of hydrogen-bond donors (Lipinski definition) is 1. The van der Waals surface area contributed by atoms with Crippen molar-refractivity contribution in [3.63, 3.8) is 0 Å². The summed E-state index contributed by atoms with van der Waals surface area (Å²) >= 11 is 0. The van der Waals surface area contributed by atoms with Crippen LogP contribution in [0.1, 0.15) is 12.0 Å². The predicted molar refractivity (Wildman–Crippen MR) is 56.9 cm³/mol. The highest BCUT2D eigenvalue weighted by molar-refractivity contribution is 5.16. The molecule has 0 unspecified atom stereocenters. The first-order chi connectivity index (χ1) is 6.88. The van der Waals surface area contributed by atoms with Gasteiger partial charge in [0.25, 0.3) is 0 Å². The average molecular weight is 186 g/mol. The lowest BCUT2D eigenvalue weighted by atomic mass is 10.0. The van der Waals surface area contributed by atoms with Gasteiger partial charge in [-0.15, -0.1) is 0 Å². The number of hydrogen-bond acceptors (Lipinski definition) is 1. The molecule has 2 atom stereocenters. The first kappa shape index (κ1) is 9.23. The molecule has 14 heavy (non-hydrogen) atoms. The molecule has 1 N–H and O–H groups in total. The highest BCUT2D eigenvalue weighted by Gasteiger charge is 2.27. The second-order valence-electron chi connectivity index (χ2n) is 3.81. The Labute approximate surface area is 84.8 Å². The summed E-state index contributed by atoms with van der Waals surface area (Å²) in [7, 11) is 0. The summed E-state index contributed by atoms with van der Waals surface area (Å²) in [4.78, 5) is 3.57. The van der Waals surface area contributed by atoms with Crippen molar-refractivity contribution in [1.29, 1.82) is 0 Å². The van der Waals surface area contributed by atoms with E-state index in [4.69, 9.17) is 6.57 Å². The van der Waals surface area contributed by atoms with Crippen LogP contribution in [0.15, 0.2) is 30.3 Å². The average Bonchev–Trinajstić information content (AvgIpc) is 2.67. The van der Waals surface area contributed by atoms with Crippen LogP contribution >= 0.6 is 0 Å². The lowest BCUT2D eigenvalue weighted by Gasteiger charge is -2.08. The summed E-state index contributed by atoms with van der Waals surface area (Å²) in [6.07, 6.45) is 2.05. The van der Waals surface area contributed by atoms with Gasteiger partial charge in [-0.25, -0.2) is 6.57 Å². The van der Waals surface area contributed by atoms with Gasteiger partial charge in [0, 0.05) is 12.5 Å². The Morgan fingerprint density at radius 2 is 2.14 bits per heavy atom. The smallest absolute Gasteiger partial charge is 0.237 e. The lowest BCUT2D eigenvalue weighted by molar-refractivity contribution is 0.601. The number of rotatable bonds is 2. The predicted octanol–water partition coefficient (Wildman–Crippen LogP) is 1.88. The number of nitrogens with one attached hydrogen (secondary N) is 1. The maximum atomic E-state index is 6.95. The second kappa shape index (κ2) is 4.26. The van der Waals surface area contributed by atoms with Gasteiger partial charge < -0.3 is 10.2 Å². The molecule has 0 bridgehead atoms. The van der Waals surface area contributed by atoms with E-state index in [2.05, 4.69) is 34.4 Å². The van der Waals surface area contributed by atoms with Crippen LogP contribution in [0.2, 0.25) is 0 Å². The van der Waals surface area contributed by atoms with Crippen LogP contribution in [0.4, 0.5) is 0 Å². The summed E-state index contributed by atoms with van der Waals surface area (Å²) in [5.41, 5.74) is 1.36. The molecule has 1 fully saturated rings. The third kappa shape index (κ3) is 2.12. The van der Waals surface area contributed by atoms with Gasteiger partial charge in [-0.1, -0.05) is 30.3 Å². The van der Waals surface area contributed by atoms with Crippen molar-refractivity contribution in [3.8, 4) is 0 Å². The molecular formula is C12H14N2. The Morgan fingerprint density at radius 3 is 2.79 bits per heavy atom. The summed E-state index contributed by atoms with van der Waals surface area (Å²) < 4.78 is 0. The van der Waals surface area contributed by atoms with E-state index in [9.17, 15) is 0 Å². The Morgan fingerprint density at radius 1 is 1.36 bits per heavy atom.